The molecule has 2 aromatic rings. The lowest BCUT2D eigenvalue weighted by molar-refractivity contribution is -0.141. The predicted molar refractivity (Wildman–Crippen MR) is 165 cm³/mol. The molecule has 1 aromatic heterocycles. The van der Waals surface area contributed by atoms with Crippen molar-refractivity contribution in [3.05, 3.63) is 40.2 Å². The molecule has 19 heteroatoms. The third kappa shape index (κ3) is 11.5. The number of rotatable bonds is 14. The fourth-order valence-corrected chi connectivity index (χ4v) is 4.09. The number of aliphatic carboxylic acids is 3. The predicted octanol–water partition coefficient (Wildman–Crippen LogP) is -1.60. The number of aromatic nitrogens is 2. The largest absolute Gasteiger partial charge is 0.481 e. The molecule has 0 aliphatic carbocycles. The normalized spacial score (nSPS) is 14.7. The number of nitrogens with one attached hydrogen (secondary N) is 6. The molecule has 0 radical (unpaired) electrons. The first-order valence-corrected chi connectivity index (χ1v) is 13.7. The average molecular weight is 634 g/mol. The summed E-state index contributed by atoms with van der Waals surface area (Å²) in [6, 6.07) is 4.21. The molecule has 0 bridgehead atoms. The number of carboxylic acids is 3. The summed E-state index contributed by atoms with van der Waals surface area (Å²) in [5, 5.41) is 44.3. The number of carboxylic acid groups (broad SMARTS) is 3. The van der Waals surface area contributed by atoms with E-state index in [0.29, 0.717) is 44.0 Å². The van der Waals surface area contributed by atoms with Gasteiger partial charge < -0.3 is 58.7 Å². The number of aromatic amines is 1. The van der Waals surface area contributed by atoms with Gasteiger partial charge in [-0.15, -0.1) is 0 Å². The second-order valence-corrected chi connectivity index (χ2v) is 9.98. The van der Waals surface area contributed by atoms with Gasteiger partial charge in [-0.25, -0.2) is 4.79 Å². The van der Waals surface area contributed by atoms with Crippen LogP contribution in [0.3, 0.4) is 0 Å². The van der Waals surface area contributed by atoms with E-state index in [4.69, 9.17) is 32.8 Å². The van der Waals surface area contributed by atoms with E-state index in [9.17, 15) is 29.1 Å². The minimum Gasteiger partial charge on any atom is -0.481 e. The van der Waals surface area contributed by atoms with E-state index >= 15 is 0 Å². The van der Waals surface area contributed by atoms with E-state index in [-0.39, 0.29) is 41.9 Å². The van der Waals surface area contributed by atoms with Crippen molar-refractivity contribution in [3.63, 3.8) is 0 Å². The van der Waals surface area contributed by atoms with Crippen molar-refractivity contribution in [1.82, 2.24) is 20.6 Å². The molecule has 45 heavy (non-hydrogen) atoms. The molecular weight excluding hydrogens is 594 g/mol. The number of H-pyrrole nitrogens is 1. The van der Waals surface area contributed by atoms with Crippen LogP contribution < -0.4 is 48.9 Å². The number of anilines is 4. The Kier molecular flexibility index (Phi) is 13.4. The van der Waals surface area contributed by atoms with E-state index in [1.807, 2.05) is 4.90 Å². The maximum Gasteiger partial charge on any atom is 0.326 e. The van der Waals surface area contributed by atoms with Gasteiger partial charge in [0.2, 0.25) is 5.95 Å². The zero-order chi connectivity index (χ0) is 33.7. The van der Waals surface area contributed by atoms with Crippen LogP contribution in [-0.4, -0.2) is 99.9 Å². The standard InChI is InChI=1S/C20H25N7O6.C6H14N4O2/c1-27-12(9-23-16-15(27)18(31)26-20(21)25-16)8-22-11-4-2-10(3-5-11)17(30)24-13(19(32)33)6-7-14(28)29;7-4(5(11)12)2-1-3-10-6(8)9/h2-5,12-13,22H,6-9H2,1H3,(H,24,30)(H,28,29)(H,32,33)(H4,21,23,25,26,31);4H,1-3,7H2,(H,11,12)(H4,8,9,10)/t12-,13-;4-/m00/s1. The molecule has 0 saturated carbocycles. The Bertz CT molecular complexity index is 1420. The third-order valence-electron chi connectivity index (χ3n) is 6.58. The number of hydrogen-bond donors (Lipinski definition) is 12. The van der Waals surface area contributed by atoms with Crippen molar-refractivity contribution < 1.29 is 34.5 Å². The SMILES string of the molecule is CN1c2c(nc(N)[nH]c2=O)NC[C@@H]1CNc1ccc(C(=O)N[C@@H](CCC(=O)O)C(=O)O)cc1.N=C(N)NCCC[C@H](N)C(=O)O. The molecule has 246 valence electrons. The van der Waals surface area contributed by atoms with Gasteiger partial charge in [0.15, 0.2) is 11.8 Å². The van der Waals surface area contributed by atoms with E-state index < -0.39 is 35.9 Å². The molecule has 0 saturated heterocycles. The number of carbonyl (C=O) groups is 4. The quantitative estimate of drug-likeness (QED) is 0.0633. The molecule has 1 aliphatic rings. The number of amides is 1. The summed E-state index contributed by atoms with van der Waals surface area (Å²) in [5.41, 5.74) is 16.8. The lowest BCUT2D eigenvalue weighted by atomic mass is 10.1. The highest BCUT2D eigenvalue weighted by atomic mass is 16.4. The van der Waals surface area contributed by atoms with E-state index in [2.05, 4.69) is 31.2 Å². The van der Waals surface area contributed by atoms with Gasteiger partial charge in [-0.2, -0.15) is 4.98 Å². The van der Waals surface area contributed by atoms with Crippen molar-refractivity contribution >= 4 is 52.9 Å². The summed E-state index contributed by atoms with van der Waals surface area (Å²) < 4.78 is 0. The van der Waals surface area contributed by atoms with Crippen molar-refractivity contribution in [2.24, 2.45) is 11.5 Å². The maximum absolute atomic E-state index is 12.3. The Balaban J connectivity index is 0.000000498. The summed E-state index contributed by atoms with van der Waals surface area (Å²) in [4.78, 5) is 65.1. The summed E-state index contributed by atoms with van der Waals surface area (Å²) in [6.45, 7) is 1.49. The number of nitrogens with two attached hydrogens (primary N) is 3. The second kappa shape index (κ2) is 16.9. The Hall–Kier alpha value is -5.59. The van der Waals surface area contributed by atoms with Crippen LogP contribution in [0, 0.1) is 5.41 Å². The van der Waals surface area contributed by atoms with E-state index in [0.717, 1.165) is 5.69 Å². The molecule has 1 aromatic carbocycles. The van der Waals surface area contributed by atoms with Crippen LogP contribution in [0.15, 0.2) is 29.1 Å². The van der Waals surface area contributed by atoms with Crippen LogP contribution >= 0.6 is 0 Å². The maximum atomic E-state index is 12.3. The Labute approximate surface area is 257 Å². The number of hydrogen-bond acceptors (Lipinski definition) is 12. The van der Waals surface area contributed by atoms with Gasteiger partial charge in [-0.1, -0.05) is 0 Å². The minimum absolute atomic E-state index is 0.0388. The van der Waals surface area contributed by atoms with Crippen molar-refractivity contribution in [1.29, 1.82) is 5.41 Å². The lowest BCUT2D eigenvalue weighted by Crippen LogP contribution is -2.48. The Morgan fingerprint density at radius 1 is 1.13 bits per heavy atom. The average Bonchev–Trinajstić information content (AvgIpc) is 2.96. The fraction of sp³-hybridized carbons (Fsp3) is 0.423. The van der Waals surface area contributed by atoms with Crippen molar-refractivity contribution in [2.75, 3.05) is 47.9 Å². The van der Waals surface area contributed by atoms with E-state index in [1.165, 1.54) is 12.1 Å². The lowest BCUT2D eigenvalue weighted by Gasteiger charge is -2.35. The molecule has 0 fully saturated rings. The zero-order valence-corrected chi connectivity index (χ0v) is 24.5. The molecule has 0 spiro atoms. The van der Waals surface area contributed by atoms with Crippen molar-refractivity contribution in [3.8, 4) is 0 Å². The van der Waals surface area contributed by atoms with Crippen molar-refractivity contribution in [2.45, 2.75) is 43.8 Å². The monoisotopic (exact) mass is 633 g/mol. The van der Waals surface area contributed by atoms with Crippen LogP contribution in [0.1, 0.15) is 36.0 Å². The van der Waals surface area contributed by atoms with Gasteiger partial charge in [0.05, 0.1) is 6.04 Å². The van der Waals surface area contributed by atoms with Crippen LogP contribution in [0.5, 0.6) is 0 Å². The van der Waals surface area contributed by atoms with Crippen LogP contribution in [-0.2, 0) is 14.4 Å². The molecule has 15 N–H and O–H groups in total. The molecular formula is C26H39N11O8. The molecule has 19 nitrogen and oxygen atoms in total. The highest BCUT2D eigenvalue weighted by Gasteiger charge is 2.27. The molecule has 3 atom stereocenters. The van der Waals surface area contributed by atoms with Gasteiger partial charge in [-0.3, -0.25) is 29.6 Å². The molecule has 1 aliphatic heterocycles. The smallest absolute Gasteiger partial charge is 0.326 e. The highest BCUT2D eigenvalue weighted by Crippen LogP contribution is 2.25. The number of nitrogens with zero attached hydrogens (tertiary/aromatic N) is 2. The van der Waals surface area contributed by atoms with Gasteiger partial charge in [-0.05, 0) is 43.5 Å². The summed E-state index contributed by atoms with van der Waals surface area (Å²) in [7, 11) is 1.79. The number of nitrogen functional groups attached to an aromatic ring is 1. The first-order chi connectivity index (χ1) is 21.2. The number of likely N-dealkylation sites (N-methyl/N-ethyl adjacent to an activating group) is 1. The molecule has 3 rings (SSSR count). The summed E-state index contributed by atoms with van der Waals surface area (Å²) in [6.07, 6.45) is 0.389. The van der Waals surface area contributed by atoms with Crippen LogP contribution in [0.25, 0.3) is 0 Å². The Morgan fingerprint density at radius 2 is 1.80 bits per heavy atom. The zero-order valence-electron chi connectivity index (χ0n) is 24.5. The molecule has 0 unspecified atom stereocenters. The van der Waals surface area contributed by atoms with Crippen LogP contribution in [0.4, 0.5) is 23.1 Å². The number of guanidine groups is 1. The van der Waals surface area contributed by atoms with Gasteiger partial charge >= 0.3 is 17.9 Å². The second-order valence-electron chi connectivity index (χ2n) is 9.98. The fourth-order valence-electron chi connectivity index (χ4n) is 4.09. The summed E-state index contributed by atoms with van der Waals surface area (Å²) in [5.74, 6) is -3.70. The van der Waals surface area contributed by atoms with Crippen LogP contribution in [0.2, 0.25) is 0 Å². The topological polar surface area (TPSA) is 328 Å². The third-order valence-corrected chi connectivity index (χ3v) is 6.58. The van der Waals surface area contributed by atoms with Gasteiger partial charge in [0.25, 0.3) is 11.5 Å². The first kappa shape index (κ1) is 35.6. The number of carbonyl (C=O) groups excluding carboxylic acids is 1. The summed E-state index contributed by atoms with van der Waals surface area (Å²) >= 11 is 0. The van der Waals surface area contributed by atoms with Gasteiger partial charge in [0.1, 0.15) is 17.8 Å². The highest BCUT2D eigenvalue weighted by molar-refractivity contribution is 5.97. The first-order valence-electron chi connectivity index (χ1n) is 13.7. The number of fused-ring (bicyclic) bond motifs is 1. The minimum atomic E-state index is -1.30. The van der Waals surface area contributed by atoms with Gasteiger partial charge in [0, 0.05) is 44.4 Å². The molecule has 2 heterocycles. The van der Waals surface area contributed by atoms with E-state index in [1.54, 1.807) is 19.2 Å². The Morgan fingerprint density at radius 3 is 2.38 bits per heavy atom. The molecule has 1 amide bonds. The number of benzene rings is 1.